The Morgan fingerprint density at radius 2 is 1.68 bits per heavy atom. The van der Waals surface area contributed by atoms with Crippen LogP contribution in [0.25, 0.3) is 22.9 Å². The molecule has 17 heteroatoms. The van der Waals surface area contributed by atoms with Crippen LogP contribution in [0, 0.1) is 41.2 Å². The van der Waals surface area contributed by atoms with Gasteiger partial charge in [-0.1, -0.05) is 45.9 Å². The third-order valence-electron chi connectivity index (χ3n) is 14.2. The topological polar surface area (TPSA) is 223 Å². The molecule has 0 unspecified atom stereocenters. The Hall–Kier alpha value is -5.72. The smallest absolute Gasteiger partial charge is 0.307 e. The van der Waals surface area contributed by atoms with Crippen LogP contribution in [0.2, 0.25) is 0 Å². The predicted octanol–water partition coefficient (Wildman–Crippen LogP) is 3.76. The van der Waals surface area contributed by atoms with Crippen LogP contribution >= 0.6 is 0 Å². The Bertz CT molecular complexity index is 2780. The summed E-state index contributed by atoms with van der Waals surface area (Å²) < 4.78 is 37.2. The molecule has 5 aliphatic heterocycles. The molecule has 0 aromatic heterocycles. The molecular formula is C51H66N4O13. The summed E-state index contributed by atoms with van der Waals surface area (Å²) in [5.74, 6) is -5.85. The van der Waals surface area contributed by atoms with Crippen LogP contribution < -0.4 is 31.0 Å². The first-order valence-corrected chi connectivity index (χ1v) is 23.2. The van der Waals surface area contributed by atoms with E-state index in [0.29, 0.717) is 24.8 Å². The second kappa shape index (κ2) is 20.1. The minimum Gasteiger partial charge on any atom is -0.507 e. The summed E-state index contributed by atoms with van der Waals surface area (Å²) in [6, 6.07) is 3.70. The van der Waals surface area contributed by atoms with Crippen LogP contribution in [0.3, 0.4) is 0 Å². The summed E-state index contributed by atoms with van der Waals surface area (Å²) in [6.07, 6.45) is 5.79. The average molecular weight is 943 g/mol. The number of benzene rings is 2. The van der Waals surface area contributed by atoms with E-state index in [0.717, 1.165) is 12.8 Å². The Kier molecular flexibility index (Phi) is 14.8. The van der Waals surface area contributed by atoms with Gasteiger partial charge in [0.1, 0.15) is 23.0 Å². The molecule has 5 heterocycles. The van der Waals surface area contributed by atoms with Gasteiger partial charge >= 0.3 is 11.8 Å². The molecule has 0 radical (unpaired) electrons. The molecule has 1 fully saturated rings. The molecule has 5 N–H and O–H groups in total. The highest BCUT2D eigenvalue weighted by molar-refractivity contribution is 5.97. The van der Waals surface area contributed by atoms with E-state index < -0.39 is 76.9 Å². The van der Waals surface area contributed by atoms with Gasteiger partial charge in [0.2, 0.25) is 5.43 Å². The van der Waals surface area contributed by atoms with E-state index in [9.17, 15) is 34.8 Å². The number of aromatic hydroxyl groups is 1. The molecule has 1 amide bonds. The van der Waals surface area contributed by atoms with Gasteiger partial charge in [0.05, 0.1) is 48.7 Å². The SMILES string of the molecule is CO[C@H]1/C=C/O[C@@]2(C)Oc3c(C)c(O)c4c(c3=C2O)=c2nc3c(=O)cc(N5CCC(N(C)C)CC5)cc-3o/c2=C(/COC4)NC(=O)/C(C)=C\C=C\[C@H](C)[C@H](O)[C@@H](C)[C@@H](O)[C@@H](C)[C@H](OC(C)=O)[C@@H]1C. The zero-order valence-corrected chi connectivity index (χ0v) is 40.8. The maximum Gasteiger partial charge on any atom is 0.307 e. The number of nitrogens with zero attached hydrogens (tertiary/aromatic N) is 3. The number of rotatable bonds is 4. The predicted molar refractivity (Wildman–Crippen MR) is 253 cm³/mol. The lowest BCUT2D eigenvalue weighted by Gasteiger charge is -2.38. The second-order valence-electron chi connectivity index (χ2n) is 19.1. The lowest BCUT2D eigenvalue weighted by molar-refractivity contribution is -0.160. The fourth-order valence-electron chi connectivity index (χ4n) is 9.84. The molecule has 9 atom stereocenters. The number of anilines is 1. The van der Waals surface area contributed by atoms with Gasteiger partial charge in [-0.15, -0.1) is 0 Å². The largest absolute Gasteiger partial charge is 0.507 e. The Morgan fingerprint density at radius 1 is 0.971 bits per heavy atom. The monoisotopic (exact) mass is 942 g/mol. The standard InChI is InChI=1S/C51H66N4O13/c1-25-13-12-14-26(2)50(62)52-35-24-64-23-34-39(42-48(35)67-38-22-33(21-36(57)41(38)53-42)55-18-15-32(16-19-55)54(9)10)40-47(30(6)45(34)60)68-51(8,49(40)61)65-20-17-37(63-11)27(3)46(66-31(7)56)29(5)44(59)28(4)43(25)58/h12-14,17,20-22,25,27-29,32,37,43-44,46,58-61H,15-16,18-19,23-24H2,1-11H3,(H,52,62)/b13-12+,20-17+,26-14-,42-39?,48-35-/t25-,27+,28+,29+,37-,43-,44+,46+,51-/m0/s1. The second-order valence-corrected chi connectivity index (χ2v) is 19.1. The molecule has 6 aliphatic rings. The average Bonchev–Trinajstić information content (AvgIpc) is 3.57. The van der Waals surface area contributed by atoms with Gasteiger partial charge in [-0.3, -0.25) is 14.4 Å². The molecule has 1 aliphatic carbocycles. The number of phenols is 1. The van der Waals surface area contributed by atoms with Crippen molar-refractivity contribution in [2.24, 2.45) is 23.7 Å². The number of esters is 1. The molecule has 1 aromatic rings. The van der Waals surface area contributed by atoms with Crippen LogP contribution in [0.5, 0.6) is 11.5 Å². The number of aromatic nitrogens is 1. The van der Waals surface area contributed by atoms with Crippen LogP contribution in [-0.2, 0) is 35.1 Å². The number of phenolic OH excluding ortho intramolecular Hbond substituents is 1. The van der Waals surface area contributed by atoms with Gasteiger partial charge in [-0.2, -0.15) is 0 Å². The number of nitrogens with one attached hydrogen (secondary N) is 1. The molecule has 4 bridgehead atoms. The van der Waals surface area contributed by atoms with Crippen molar-refractivity contribution < 1.29 is 58.1 Å². The first-order chi connectivity index (χ1) is 32.2. The van der Waals surface area contributed by atoms with Crippen molar-refractivity contribution in [3.05, 3.63) is 90.8 Å². The van der Waals surface area contributed by atoms with Crippen LogP contribution in [0.4, 0.5) is 5.69 Å². The molecule has 0 saturated carbocycles. The van der Waals surface area contributed by atoms with E-state index in [2.05, 4.69) is 29.2 Å². The van der Waals surface area contributed by atoms with Gasteiger partial charge in [-0.25, -0.2) is 4.98 Å². The number of hydrogen-bond donors (Lipinski definition) is 5. The number of aliphatic hydroxyl groups excluding tert-OH is 3. The third kappa shape index (κ3) is 9.63. The first-order valence-electron chi connectivity index (χ1n) is 23.2. The van der Waals surface area contributed by atoms with Crippen molar-refractivity contribution >= 4 is 29.0 Å². The summed E-state index contributed by atoms with van der Waals surface area (Å²) in [5.41, 5.74) is 1.14. The van der Waals surface area contributed by atoms with Crippen molar-refractivity contribution in [3.8, 4) is 23.0 Å². The number of hydrogen-bond acceptors (Lipinski definition) is 16. The van der Waals surface area contributed by atoms with E-state index >= 15 is 0 Å². The number of carbonyl (C=O) groups excluding carboxylic acids is 2. The summed E-state index contributed by atoms with van der Waals surface area (Å²) in [7, 11) is 5.59. The number of aliphatic hydroxyl groups is 3. The molecule has 0 spiro atoms. The molecule has 17 nitrogen and oxygen atoms in total. The zero-order chi connectivity index (χ0) is 49.5. The quantitative estimate of drug-likeness (QED) is 0.235. The normalized spacial score (nSPS) is 31.1. The lowest BCUT2D eigenvalue weighted by Crippen LogP contribution is -2.46. The van der Waals surface area contributed by atoms with Gasteiger partial charge in [-0.05, 0) is 46.9 Å². The highest BCUT2D eigenvalue weighted by atomic mass is 16.7. The van der Waals surface area contributed by atoms with E-state index in [-0.39, 0.29) is 79.8 Å². The molecule has 1 saturated heterocycles. The van der Waals surface area contributed by atoms with Crippen LogP contribution in [0.15, 0.2) is 57.5 Å². The van der Waals surface area contributed by atoms with Crippen molar-refractivity contribution in [1.29, 1.82) is 0 Å². The Morgan fingerprint density at radius 3 is 2.34 bits per heavy atom. The third-order valence-corrected chi connectivity index (χ3v) is 14.2. The summed E-state index contributed by atoms with van der Waals surface area (Å²) in [5, 5.41) is 50.5. The minimum absolute atomic E-state index is 0.0120. The number of amides is 1. The Labute approximate surface area is 395 Å². The molecule has 1 aromatic carbocycles. The van der Waals surface area contributed by atoms with Crippen molar-refractivity contribution in [2.75, 3.05) is 45.8 Å². The highest BCUT2D eigenvalue weighted by Gasteiger charge is 2.44. The molecule has 368 valence electrons. The number of piperidine rings is 1. The summed E-state index contributed by atoms with van der Waals surface area (Å²) in [4.78, 5) is 50.0. The van der Waals surface area contributed by atoms with E-state index in [1.54, 1.807) is 71.9 Å². The van der Waals surface area contributed by atoms with Crippen molar-refractivity contribution in [1.82, 2.24) is 15.2 Å². The number of methoxy groups -OCH3 is 1. The lowest BCUT2D eigenvalue weighted by atomic mass is 9.78. The zero-order valence-electron chi connectivity index (χ0n) is 40.8. The minimum atomic E-state index is -1.91. The maximum atomic E-state index is 14.2. The number of ether oxygens (including phenoxy) is 5. The van der Waals surface area contributed by atoms with Crippen molar-refractivity contribution in [3.63, 3.8) is 0 Å². The van der Waals surface area contributed by atoms with E-state index in [4.69, 9.17) is 33.1 Å². The molecular weight excluding hydrogens is 877 g/mol. The molecule has 7 rings (SSSR count). The van der Waals surface area contributed by atoms with Crippen LogP contribution in [0.1, 0.15) is 72.4 Å². The van der Waals surface area contributed by atoms with Gasteiger partial charge < -0.3 is 63.6 Å². The number of carbonyl (C=O) groups is 2. The summed E-state index contributed by atoms with van der Waals surface area (Å²) in [6.45, 7) is 14.0. The fraction of sp³-hybridized carbons (Fsp3) is 0.529. The maximum absolute atomic E-state index is 14.2. The highest BCUT2D eigenvalue weighted by Crippen LogP contribution is 2.39. The Balaban J connectivity index is 1.49. The van der Waals surface area contributed by atoms with Gasteiger partial charge in [0, 0.05) is 103 Å². The fourth-order valence-corrected chi connectivity index (χ4v) is 9.84. The van der Waals surface area contributed by atoms with Crippen LogP contribution in [-0.4, -0.2) is 119 Å². The molecule has 68 heavy (non-hydrogen) atoms. The number of fused-ring (bicyclic) bond motifs is 2. The summed E-state index contributed by atoms with van der Waals surface area (Å²) >= 11 is 0. The first kappa shape index (κ1) is 50.2. The van der Waals surface area contributed by atoms with Gasteiger partial charge in [0.15, 0.2) is 22.6 Å². The van der Waals surface area contributed by atoms with E-state index in [1.807, 2.05) is 0 Å². The van der Waals surface area contributed by atoms with Gasteiger partial charge in [0.25, 0.3) is 5.91 Å². The van der Waals surface area contributed by atoms with Crippen molar-refractivity contribution in [2.45, 2.75) is 111 Å². The van der Waals surface area contributed by atoms with E-state index in [1.165, 1.54) is 33.3 Å². The number of allylic oxidation sites excluding steroid dienone is 2.